The number of urea groups is 1. The van der Waals surface area contributed by atoms with Gasteiger partial charge in [-0.15, -0.1) is 0 Å². The Labute approximate surface area is 185 Å². The number of rotatable bonds is 7. The highest BCUT2D eigenvalue weighted by atomic mass is 16.2. The highest BCUT2D eigenvalue weighted by Gasteiger charge is 2.10. The summed E-state index contributed by atoms with van der Waals surface area (Å²) in [5, 5.41) is 5.62. The molecular formula is C24H24N6O2. The van der Waals surface area contributed by atoms with Crippen LogP contribution in [-0.4, -0.2) is 44.8 Å². The molecule has 0 aliphatic carbocycles. The van der Waals surface area contributed by atoms with E-state index in [0.717, 1.165) is 16.8 Å². The molecule has 2 heterocycles. The molecule has 2 aromatic carbocycles. The van der Waals surface area contributed by atoms with Gasteiger partial charge in [-0.05, 0) is 23.8 Å². The average Bonchev–Trinajstić information content (AvgIpc) is 3.24. The molecule has 0 radical (unpaired) electrons. The highest BCUT2D eigenvalue weighted by Crippen LogP contribution is 2.20. The summed E-state index contributed by atoms with van der Waals surface area (Å²) in [5.41, 5.74) is 3.48. The van der Waals surface area contributed by atoms with Gasteiger partial charge in [-0.3, -0.25) is 9.20 Å². The third kappa shape index (κ3) is 5.28. The summed E-state index contributed by atoms with van der Waals surface area (Å²) in [6, 6.07) is 18.8. The van der Waals surface area contributed by atoms with E-state index in [4.69, 9.17) is 0 Å². The van der Waals surface area contributed by atoms with E-state index in [0.29, 0.717) is 18.0 Å². The van der Waals surface area contributed by atoms with Crippen molar-refractivity contribution in [2.45, 2.75) is 13.0 Å². The number of anilines is 1. The van der Waals surface area contributed by atoms with Gasteiger partial charge >= 0.3 is 6.03 Å². The van der Waals surface area contributed by atoms with Crippen LogP contribution in [0.2, 0.25) is 0 Å². The van der Waals surface area contributed by atoms with Gasteiger partial charge in [0.05, 0.1) is 5.69 Å². The number of hydrogen-bond donors (Lipinski definition) is 2. The summed E-state index contributed by atoms with van der Waals surface area (Å²) in [5.74, 6) is 0.469. The summed E-state index contributed by atoms with van der Waals surface area (Å²) in [6.07, 6.45) is 5.69. The fraction of sp³-hybridized carbons (Fsp3) is 0.167. The lowest BCUT2D eigenvalue weighted by Crippen LogP contribution is -2.38. The first-order valence-corrected chi connectivity index (χ1v) is 10.3. The fourth-order valence-corrected chi connectivity index (χ4v) is 3.26. The normalized spacial score (nSPS) is 10.7. The topological polar surface area (TPSA) is 91.6 Å². The molecule has 4 rings (SSSR count). The highest BCUT2D eigenvalue weighted by molar-refractivity contribution is 5.91. The van der Waals surface area contributed by atoms with E-state index in [2.05, 4.69) is 20.6 Å². The number of fused-ring (bicyclic) bond motifs is 1. The van der Waals surface area contributed by atoms with Gasteiger partial charge in [0.15, 0.2) is 0 Å². The van der Waals surface area contributed by atoms with E-state index in [1.807, 2.05) is 77.5 Å². The molecule has 0 saturated heterocycles. The molecule has 0 fully saturated rings. The lowest BCUT2D eigenvalue weighted by atomic mass is 10.1. The lowest BCUT2D eigenvalue weighted by Gasteiger charge is -2.18. The Balaban J connectivity index is 1.24. The molecule has 0 unspecified atom stereocenters. The minimum atomic E-state index is -0.215. The van der Waals surface area contributed by atoms with Crippen molar-refractivity contribution < 1.29 is 9.59 Å². The molecule has 0 aliphatic rings. The molecule has 2 aromatic heterocycles. The van der Waals surface area contributed by atoms with Crippen molar-refractivity contribution in [2.75, 3.05) is 18.9 Å². The van der Waals surface area contributed by atoms with Crippen molar-refractivity contribution in [3.8, 4) is 11.3 Å². The van der Waals surface area contributed by atoms with Crippen LogP contribution in [0.25, 0.3) is 17.0 Å². The zero-order valence-electron chi connectivity index (χ0n) is 17.7. The number of imidazole rings is 1. The van der Waals surface area contributed by atoms with E-state index >= 15 is 0 Å². The molecule has 8 nitrogen and oxygen atoms in total. The molecule has 4 aromatic rings. The van der Waals surface area contributed by atoms with Crippen LogP contribution >= 0.6 is 0 Å². The maximum Gasteiger partial charge on any atom is 0.317 e. The summed E-state index contributed by atoms with van der Waals surface area (Å²) in [7, 11) is 1.73. The predicted octanol–water partition coefficient (Wildman–Crippen LogP) is 3.57. The van der Waals surface area contributed by atoms with Gasteiger partial charge in [-0.2, -0.15) is 0 Å². The second-order valence-corrected chi connectivity index (χ2v) is 7.40. The molecule has 2 N–H and O–H groups in total. The van der Waals surface area contributed by atoms with Crippen LogP contribution in [0.1, 0.15) is 12.0 Å². The van der Waals surface area contributed by atoms with Gasteiger partial charge in [0.25, 0.3) is 0 Å². The Kier molecular flexibility index (Phi) is 6.41. The first kappa shape index (κ1) is 21.0. The lowest BCUT2D eigenvalue weighted by molar-refractivity contribution is -0.116. The third-order valence-electron chi connectivity index (χ3n) is 4.94. The SMILES string of the molecule is CN(Cc1ccccc1)C(=O)NCCC(=O)Nc1ccc(-c2cn3cccnc3n2)cc1. The zero-order valence-corrected chi connectivity index (χ0v) is 17.7. The number of nitrogens with one attached hydrogen (secondary N) is 2. The first-order chi connectivity index (χ1) is 15.6. The van der Waals surface area contributed by atoms with Gasteiger partial charge in [0.1, 0.15) is 0 Å². The van der Waals surface area contributed by atoms with E-state index < -0.39 is 0 Å². The van der Waals surface area contributed by atoms with E-state index in [1.54, 1.807) is 18.1 Å². The number of aromatic nitrogens is 3. The molecule has 32 heavy (non-hydrogen) atoms. The van der Waals surface area contributed by atoms with Crippen LogP contribution in [0.3, 0.4) is 0 Å². The third-order valence-corrected chi connectivity index (χ3v) is 4.94. The van der Waals surface area contributed by atoms with Crippen molar-refractivity contribution in [1.82, 2.24) is 24.6 Å². The molecular weight excluding hydrogens is 404 g/mol. The fourth-order valence-electron chi connectivity index (χ4n) is 3.26. The molecule has 0 atom stereocenters. The van der Waals surface area contributed by atoms with Crippen molar-refractivity contribution in [3.63, 3.8) is 0 Å². The summed E-state index contributed by atoms with van der Waals surface area (Å²) < 4.78 is 1.86. The van der Waals surface area contributed by atoms with Crippen LogP contribution in [0, 0.1) is 0 Å². The molecule has 0 saturated carbocycles. The molecule has 162 valence electrons. The van der Waals surface area contributed by atoms with Crippen LogP contribution in [0.15, 0.2) is 79.3 Å². The van der Waals surface area contributed by atoms with Gasteiger partial charge in [-0.25, -0.2) is 14.8 Å². The largest absolute Gasteiger partial charge is 0.337 e. The van der Waals surface area contributed by atoms with Crippen LogP contribution in [0.5, 0.6) is 0 Å². The summed E-state index contributed by atoms with van der Waals surface area (Å²) in [6.45, 7) is 0.768. The molecule has 3 amide bonds. The van der Waals surface area contributed by atoms with E-state index in [1.165, 1.54) is 0 Å². The number of nitrogens with zero attached hydrogens (tertiary/aromatic N) is 4. The number of amides is 3. The van der Waals surface area contributed by atoms with Gasteiger partial charge in [0.2, 0.25) is 11.7 Å². The van der Waals surface area contributed by atoms with Crippen molar-refractivity contribution in [2.24, 2.45) is 0 Å². The minimum Gasteiger partial charge on any atom is -0.337 e. The van der Waals surface area contributed by atoms with Crippen LogP contribution < -0.4 is 10.6 Å². The zero-order chi connectivity index (χ0) is 22.3. The Bertz CT molecular complexity index is 1170. The Morgan fingerprint density at radius 2 is 1.81 bits per heavy atom. The van der Waals surface area contributed by atoms with Crippen LogP contribution in [0.4, 0.5) is 10.5 Å². The second-order valence-electron chi connectivity index (χ2n) is 7.40. The summed E-state index contributed by atoms with van der Waals surface area (Å²) >= 11 is 0. The number of hydrogen-bond acceptors (Lipinski definition) is 4. The van der Waals surface area contributed by atoms with E-state index in [-0.39, 0.29) is 24.9 Å². The first-order valence-electron chi connectivity index (χ1n) is 10.3. The standard InChI is InChI=1S/C24H24N6O2/c1-29(16-18-6-3-2-4-7-18)24(32)26-14-12-22(31)27-20-10-8-19(9-11-20)21-17-30-15-5-13-25-23(30)28-21/h2-11,13,15,17H,12,14,16H2,1H3,(H,26,32)(H,27,31). The predicted molar refractivity (Wildman–Crippen MR) is 123 cm³/mol. The van der Waals surface area contributed by atoms with Gasteiger partial charge in [-0.1, -0.05) is 42.5 Å². The Morgan fingerprint density at radius 3 is 2.56 bits per heavy atom. The number of carbonyl (C=O) groups is 2. The van der Waals surface area contributed by atoms with Crippen molar-refractivity contribution >= 4 is 23.4 Å². The second kappa shape index (κ2) is 9.74. The van der Waals surface area contributed by atoms with Gasteiger partial charge in [0, 0.05) is 56.4 Å². The quantitative estimate of drug-likeness (QED) is 0.471. The number of carbonyl (C=O) groups excluding carboxylic acids is 2. The maximum atomic E-state index is 12.2. The Hall–Kier alpha value is -4.20. The van der Waals surface area contributed by atoms with Crippen molar-refractivity contribution in [3.05, 3.63) is 84.8 Å². The summed E-state index contributed by atoms with van der Waals surface area (Å²) in [4.78, 5) is 34.7. The van der Waals surface area contributed by atoms with Crippen molar-refractivity contribution in [1.29, 1.82) is 0 Å². The van der Waals surface area contributed by atoms with Gasteiger partial charge < -0.3 is 15.5 Å². The smallest absolute Gasteiger partial charge is 0.317 e. The molecule has 0 spiro atoms. The van der Waals surface area contributed by atoms with E-state index in [9.17, 15) is 9.59 Å². The minimum absolute atomic E-state index is 0.166. The van der Waals surface area contributed by atoms with Crippen LogP contribution in [-0.2, 0) is 11.3 Å². The molecule has 0 aliphatic heterocycles. The Morgan fingerprint density at radius 1 is 1.03 bits per heavy atom. The average molecular weight is 428 g/mol. The number of benzene rings is 2. The molecule has 0 bridgehead atoms. The molecule has 8 heteroatoms. The maximum absolute atomic E-state index is 12.2. The monoisotopic (exact) mass is 428 g/mol.